The molecule has 1 saturated carbocycles. The predicted molar refractivity (Wildman–Crippen MR) is 239 cm³/mol. The minimum Gasteiger partial charge on any atom is -0.490 e. The van der Waals surface area contributed by atoms with Crippen molar-refractivity contribution in [3.05, 3.63) is 106 Å². The Labute approximate surface area is 373 Å². The number of aliphatic hydroxyl groups is 1. The van der Waals surface area contributed by atoms with Gasteiger partial charge in [-0.15, -0.1) is 15.4 Å². The van der Waals surface area contributed by atoms with Gasteiger partial charge in [-0.25, -0.2) is 13.8 Å². The van der Waals surface area contributed by atoms with Crippen LogP contribution >= 0.6 is 11.6 Å². The van der Waals surface area contributed by atoms with Crippen LogP contribution in [0.2, 0.25) is 5.02 Å². The Morgan fingerprint density at radius 1 is 1.11 bits per heavy atom. The molecular weight excluding hydrogens is 846 g/mol. The first-order valence-corrected chi connectivity index (χ1v) is 23.2. The number of esters is 1. The fourth-order valence-corrected chi connectivity index (χ4v) is 10.9. The smallest absolute Gasteiger partial charge is 0.443 e. The Bertz CT molecular complexity index is 2530. The summed E-state index contributed by atoms with van der Waals surface area (Å²) < 4.78 is 44.5. The molecule has 0 bridgehead atoms. The minimum absolute atomic E-state index is 0.0164. The first kappa shape index (κ1) is 45.5. The van der Waals surface area contributed by atoms with Gasteiger partial charge >= 0.3 is 12.1 Å². The number of anilines is 1. The fraction of sp³-hybridized carbons (Fsp3) is 0.447. The summed E-state index contributed by atoms with van der Waals surface area (Å²) in [5.41, 5.74) is 4.09. The average Bonchev–Trinajstić information content (AvgIpc) is 3.57. The number of benzene rings is 3. The normalized spacial score (nSPS) is 21.2. The van der Waals surface area contributed by atoms with Crippen LogP contribution in [0.1, 0.15) is 89.5 Å². The highest BCUT2D eigenvalue weighted by molar-refractivity contribution is 7.92. The Morgan fingerprint density at radius 3 is 2.63 bits per heavy atom. The van der Waals surface area contributed by atoms with Crippen molar-refractivity contribution < 1.29 is 42.6 Å². The van der Waals surface area contributed by atoms with Crippen molar-refractivity contribution in [2.24, 2.45) is 29.2 Å². The van der Waals surface area contributed by atoms with E-state index < -0.39 is 46.0 Å². The zero-order valence-corrected chi connectivity index (χ0v) is 37.7. The molecule has 16 heteroatoms. The quantitative estimate of drug-likeness (QED) is 0.107. The predicted octanol–water partition coefficient (Wildman–Crippen LogP) is 7.47. The van der Waals surface area contributed by atoms with Gasteiger partial charge in [-0.05, 0) is 97.9 Å². The molecule has 0 radical (unpaired) electrons. The molecular formula is C47H54ClN5O9S. The van der Waals surface area contributed by atoms with Gasteiger partial charge in [-0.1, -0.05) is 60.8 Å². The second-order valence-electron chi connectivity index (χ2n) is 16.8. The van der Waals surface area contributed by atoms with Crippen LogP contribution in [0.3, 0.4) is 0 Å². The molecule has 2 unspecified atom stereocenters. The summed E-state index contributed by atoms with van der Waals surface area (Å²) in [5, 5.41) is 16.3. The van der Waals surface area contributed by atoms with Gasteiger partial charge in [0.1, 0.15) is 33.4 Å². The van der Waals surface area contributed by atoms with Crippen LogP contribution in [0, 0.1) is 29.6 Å². The standard InChI is InChI=1S/C47H54ClN5O9S/c1-30(27-63(58,50-43(55)38-26-52(3)49-44(38)59-4)51-46(57)62-31(2)32-12-7-6-8-13-32)11-9-15-41(54)37-19-16-35(37)25-53-28-47(22-10-14-33-23-36(48)18-20-39(33)47)29-61-42-21-17-34(24-40(42)53)45(56)60-5/h6-8,12-13,17-18,20-21,23-24,26,30-31,35,37,41,54H,10-11,14,16,19,22,25,27-29H2,1-5H3,(H,50,51,55,57,58)/t30-,31-,35-,37+,41?,47-,63?/m0/s1. The number of hydrogen-bond donors (Lipinski definition) is 2. The zero-order valence-electron chi connectivity index (χ0n) is 36.2. The lowest BCUT2D eigenvalue weighted by atomic mass is 9.68. The van der Waals surface area contributed by atoms with E-state index in [1.807, 2.05) is 36.4 Å². The van der Waals surface area contributed by atoms with Crippen LogP contribution in [0.15, 0.2) is 77.3 Å². The van der Waals surface area contributed by atoms with Gasteiger partial charge < -0.3 is 29.0 Å². The lowest BCUT2D eigenvalue weighted by Gasteiger charge is -2.45. The lowest BCUT2D eigenvalue weighted by molar-refractivity contribution is 0.0515. The minimum atomic E-state index is -3.76. The molecule has 1 aliphatic heterocycles. The van der Waals surface area contributed by atoms with E-state index in [4.69, 9.17) is 30.5 Å². The van der Waals surface area contributed by atoms with Crippen molar-refractivity contribution >= 4 is 45.2 Å². The molecule has 2 N–H and O–H groups in total. The summed E-state index contributed by atoms with van der Waals surface area (Å²) in [6.45, 7) is 5.18. The van der Waals surface area contributed by atoms with Crippen molar-refractivity contribution in [2.45, 2.75) is 70.0 Å². The number of ether oxygens (including phenoxy) is 4. The highest BCUT2D eigenvalue weighted by Crippen LogP contribution is 2.46. The zero-order chi connectivity index (χ0) is 44.9. The van der Waals surface area contributed by atoms with E-state index in [0.717, 1.165) is 43.4 Å². The number of nitrogens with zero attached hydrogens (tertiary/aromatic N) is 4. The van der Waals surface area contributed by atoms with E-state index in [-0.39, 0.29) is 40.9 Å². The van der Waals surface area contributed by atoms with Gasteiger partial charge in [0.2, 0.25) is 5.88 Å². The van der Waals surface area contributed by atoms with Crippen molar-refractivity contribution in [1.29, 1.82) is 0 Å². The molecule has 1 fully saturated rings. The molecule has 3 aliphatic rings. The Morgan fingerprint density at radius 2 is 1.90 bits per heavy atom. The number of amides is 2. The van der Waals surface area contributed by atoms with Crippen LogP contribution in [-0.2, 0) is 38.3 Å². The van der Waals surface area contributed by atoms with Gasteiger partial charge in [0.25, 0.3) is 5.91 Å². The molecule has 14 nitrogen and oxygen atoms in total. The van der Waals surface area contributed by atoms with Gasteiger partial charge in [-0.3, -0.25) is 14.2 Å². The molecule has 2 aliphatic carbocycles. The number of aryl methyl sites for hydroxylation is 2. The Kier molecular flexibility index (Phi) is 14.0. The maximum Gasteiger partial charge on any atom is 0.443 e. The number of carbonyl (C=O) groups excluding carboxylic acids is 3. The van der Waals surface area contributed by atoms with Crippen molar-refractivity contribution in [3.8, 4) is 23.5 Å². The number of hydrogen-bond acceptors (Lipinski definition) is 11. The van der Waals surface area contributed by atoms with Gasteiger partial charge in [0.05, 0.1) is 37.8 Å². The third kappa shape index (κ3) is 10.5. The first-order chi connectivity index (χ1) is 30.2. The lowest BCUT2D eigenvalue weighted by Crippen LogP contribution is -2.49. The van der Waals surface area contributed by atoms with E-state index in [1.165, 1.54) is 36.2 Å². The van der Waals surface area contributed by atoms with Crippen LogP contribution < -0.4 is 19.1 Å². The average molecular weight is 900 g/mol. The summed E-state index contributed by atoms with van der Waals surface area (Å²) >= 11 is 6.45. The second kappa shape index (κ2) is 19.5. The van der Waals surface area contributed by atoms with E-state index in [2.05, 4.69) is 43.1 Å². The summed E-state index contributed by atoms with van der Waals surface area (Å²) in [6, 6.07) is 20.5. The number of aromatic nitrogens is 2. The third-order valence-corrected chi connectivity index (χ3v) is 14.5. The second-order valence-corrected chi connectivity index (χ2v) is 19.3. The molecule has 0 saturated heterocycles. The summed E-state index contributed by atoms with van der Waals surface area (Å²) in [4.78, 5) is 41.5. The molecule has 2 amide bonds. The van der Waals surface area contributed by atoms with Crippen molar-refractivity contribution in [3.63, 3.8) is 0 Å². The molecule has 7 rings (SSSR count). The van der Waals surface area contributed by atoms with Gasteiger partial charge in [0, 0.05) is 49.1 Å². The number of fused-ring (bicyclic) bond motifs is 3. The summed E-state index contributed by atoms with van der Waals surface area (Å²) in [6.07, 6.45) is 3.39. The molecule has 3 aromatic carbocycles. The highest BCUT2D eigenvalue weighted by atomic mass is 35.5. The molecule has 1 aromatic heterocycles. The summed E-state index contributed by atoms with van der Waals surface area (Å²) in [7, 11) is 0.572. The topological polar surface area (TPSA) is 171 Å². The highest BCUT2D eigenvalue weighted by Gasteiger charge is 2.44. The monoisotopic (exact) mass is 899 g/mol. The number of nitrogens with one attached hydrogen (secondary N) is 1. The van der Waals surface area contributed by atoms with Crippen molar-refractivity contribution in [2.75, 3.05) is 44.6 Å². The maximum atomic E-state index is 14.4. The van der Waals surface area contributed by atoms with Crippen LogP contribution in [0.5, 0.6) is 11.6 Å². The van der Waals surface area contributed by atoms with E-state index in [0.29, 0.717) is 36.0 Å². The molecule has 63 heavy (non-hydrogen) atoms. The van der Waals surface area contributed by atoms with Gasteiger partial charge in [-0.2, -0.15) is 0 Å². The van der Waals surface area contributed by atoms with E-state index in [1.54, 1.807) is 39.1 Å². The van der Waals surface area contributed by atoms with Gasteiger partial charge in [0.15, 0.2) is 0 Å². The van der Waals surface area contributed by atoms with Crippen LogP contribution in [0.4, 0.5) is 10.5 Å². The van der Waals surface area contributed by atoms with E-state index in [9.17, 15) is 23.7 Å². The van der Waals surface area contributed by atoms with E-state index >= 15 is 0 Å². The molecule has 2 heterocycles. The Balaban J connectivity index is 1.06. The van der Waals surface area contributed by atoms with Crippen LogP contribution in [0.25, 0.3) is 0 Å². The molecule has 1 spiro atoms. The maximum absolute atomic E-state index is 14.4. The number of aliphatic hydroxyl groups excluding tert-OH is 1. The summed E-state index contributed by atoms with van der Waals surface area (Å²) in [5.74, 6) is 4.90. The molecule has 334 valence electrons. The largest absolute Gasteiger partial charge is 0.490 e. The fourth-order valence-electron chi connectivity index (χ4n) is 8.93. The Hall–Kier alpha value is -5.56. The van der Waals surface area contributed by atoms with Crippen LogP contribution in [-0.4, -0.2) is 82.8 Å². The first-order valence-electron chi connectivity index (χ1n) is 21.2. The number of carbonyl (C=O) groups is 3. The molecule has 4 aromatic rings. The SMILES string of the molecule is COC(=O)c1ccc2c(c1)N(C[C@@H]1CC[C@H]1C(O)C#CC[C@H](C)CS(=O)(=NC(=O)O[C@@H](C)c1ccccc1)NC(=O)c1cn(C)nc1OC)C[C@@]1(CCCc3cc(Cl)ccc31)CO2. The number of halogens is 1. The third-order valence-electron chi connectivity index (χ3n) is 12.3. The number of rotatable bonds is 12. The van der Waals surface area contributed by atoms with Crippen molar-refractivity contribution in [1.82, 2.24) is 14.5 Å². The number of methoxy groups -OCH3 is 2. The molecule has 7 atom stereocenters.